The van der Waals surface area contributed by atoms with Gasteiger partial charge in [-0.25, -0.2) is 0 Å². The Morgan fingerprint density at radius 2 is 0.862 bits per heavy atom. The van der Waals surface area contributed by atoms with Crippen molar-refractivity contribution in [3.63, 3.8) is 0 Å². The third-order valence-corrected chi connectivity index (χ3v) is 13.8. The maximum atomic E-state index is 4.82. The van der Waals surface area contributed by atoms with Crippen LogP contribution in [0.3, 0.4) is 0 Å². The summed E-state index contributed by atoms with van der Waals surface area (Å²) >= 11 is 1.89. The van der Waals surface area contributed by atoms with Gasteiger partial charge in [0.2, 0.25) is 0 Å². The Hall–Kier alpha value is -6.94. The van der Waals surface area contributed by atoms with E-state index in [4.69, 9.17) is 9.97 Å². The number of aromatic nitrogens is 2. The largest absolute Gasteiger partial charge is 0.252 e. The van der Waals surface area contributed by atoms with Crippen molar-refractivity contribution < 1.29 is 0 Å². The lowest BCUT2D eigenvalue weighted by atomic mass is 9.80. The average molecular weight is 757 g/mol. The summed E-state index contributed by atoms with van der Waals surface area (Å²) in [5.41, 5.74) is 17.0. The number of nitrogens with zero attached hydrogens (tertiary/aromatic N) is 2. The van der Waals surface area contributed by atoms with Crippen molar-refractivity contribution in [3.05, 3.63) is 193 Å². The van der Waals surface area contributed by atoms with Crippen LogP contribution in [-0.4, -0.2) is 9.97 Å². The van der Waals surface area contributed by atoms with Gasteiger partial charge in [0, 0.05) is 48.8 Å². The summed E-state index contributed by atoms with van der Waals surface area (Å²) in [5.74, 6) is 0. The van der Waals surface area contributed by atoms with Crippen LogP contribution in [0, 0.1) is 0 Å². The van der Waals surface area contributed by atoms with Crippen molar-refractivity contribution in [2.75, 3.05) is 0 Å². The lowest BCUT2D eigenvalue weighted by molar-refractivity contribution is 0.661. The minimum absolute atomic E-state index is 0.155. The monoisotopic (exact) mass is 756 g/mol. The number of thiophene rings is 1. The van der Waals surface area contributed by atoms with Crippen molar-refractivity contribution in [2.24, 2.45) is 0 Å². The molecule has 0 bridgehead atoms. The summed E-state index contributed by atoms with van der Waals surface area (Å²) in [6.45, 7) is 4.76. The Morgan fingerprint density at radius 1 is 0.362 bits per heavy atom. The van der Waals surface area contributed by atoms with E-state index < -0.39 is 0 Å². The second kappa shape index (κ2) is 12.5. The lowest BCUT2D eigenvalue weighted by Gasteiger charge is -2.23. The molecule has 2 aromatic heterocycles. The quantitative estimate of drug-likeness (QED) is 0.167. The third-order valence-electron chi connectivity index (χ3n) is 12.6. The molecule has 0 atom stereocenters. The van der Waals surface area contributed by atoms with Crippen LogP contribution in [0.15, 0.2) is 182 Å². The summed E-state index contributed by atoms with van der Waals surface area (Å²) in [7, 11) is 0. The molecule has 1 aliphatic rings. The first-order valence-electron chi connectivity index (χ1n) is 20.0. The van der Waals surface area contributed by atoms with Crippen LogP contribution in [0.25, 0.3) is 108 Å². The second-order valence-electron chi connectivity index (χ2n) is 16.1. The van der Waals surface area contributed by atoms with Gasteiger partial charge in [0.1, 0.15) is 0 Å². The SMILES string of the molecule is CC1(C)c2cc(-c3cccc(-c4ccc5c6ccccc6c6nccnc6c5c4)c3)ccc2-c2ccc(-c3cccc(-c4cccc5c4sc4ccccc45)c3)cc21. The van der Waals surface area contributed by atoms with Crippen LogP contribution in [0.2, 0.25) is 0 Å². The first kappa shape index (κ1) is 33.2. The van der Waals surface area contributed by atoms with Crippen LogP contribution in [0.4, 0.5) is 0 Å². The number of hydrogen-bond donors (Lipinski definition) is 0. The van der Waals surface area contributed by atoms with E-state index in [1.54, 1.807) is 12.4 Å². The van der Waals surface area contributed by atoms with Crippen molar-refractivity contribution >= 4 is 64.1 Å². The van der Waals surface area contributed by atoms with Gasteiger partial charge in [-0.1, -0.05) is 147 Å². The molecule has 11 aromatic rings. The number of rotatable bonds is 4. The summed E-state index contributed by atoms with van der Waals surface area (Å²) in [5, 5.41) is 7.33. The Balaban J connectivity index is 0.895. The molecule has 2 heterocycles. The van der Waals surface area contributed by atoms with Crippen LogP contribution in [0.5, 0.6) is 0 Å². The topological polar surface area (TPSA) is 25.8 Å². The molecule has 2 nitrogen and oxygen atoms in total. The Labute approximate surface area is 340 Å². The molecule has 3 heteroatoms. The molecule has 9 aromatic carbocycles. The van der Waals surface area contributed by atoms with E-state index in [2.05, 4.69) is 184 Å². The third kappa shape index (κ3) is 4.97. The van der Waals surface area contributed by atoms with Gasteiger partial charge in [0.15, 0.2) is 0 Å². The molecule has 58 heavy (non-hydrogen) atoms. The van der Waals surface area contributed by atoms with E-state index in [0.717, 1.165) is 21.8 Å². The zero-order chi connectivity index (χ0) is 38.5. The van der Waals surface area contributed by atoms with Crippen LogP contribution >= 0.6 is 11.3 Å². The Kier molecular flexibility index (Phi) is 7.18. The summed E-state index contributed by atoms with van der Waals surface area (Å²) in [6, 6.07) is 63.0. The molecule has 12 rings (SSSR count). The van der Waals surface area contributed by atoms with Crippen LogP contribution in [-0.2, 0) is 5.41 Å². The molecule has 0 fully saturated rings. The Morgan fingerprint density at radius 3 is 1.57 bits per heavy atom. The first-order valence-corrected chi connectivity index (χ1v) is 20.8. The fourth-order valence-electron chi connectivity index (χ4n) is 9.63. The standard InChI is InChI=1S/C55H36N2S/c1-55(2)49-31-37(34-11-7-10-33(28-34)36-20-23-42-41-14-3-4-16-46(41)52-53(48(42)30-36)57-27-26-56-52)21-24-43(49)44-25-22-38(32-50(44)55)35-12-8-13-39(29-35)40-17-9-18-47-45-15-5-6-19-51(45)58-54(40)47/h3-32H,1-2H3. The predicted octanol–water partition coefficient (Wildman–Crippen LogP) is 15.3. The van der Waals surface area contributed by atoms with E-state index in [9.17, 15) is 0 Å². The smallest absolute Gasteiger partial charge is 0.0971 e. The normalized spacial score (nSPS) is 13.1. The van der Waals surface area contributed by atoms with E-state index in [-0.39, 0.29) is 5.41 Å². The Bertz CT molecular complexity index is 3460. The average Bonchev–Trinajstić information content (AvgIpc) is 3.78. The van der Waals surface area contributed by atoms with E-state index in [1.165, 1.54) is 97.7 Å². The maximum Gasteiger partial charge on any atom is 0.0971 e. The van der Waals surface area contributed by atoms with Crippen LogP contribution < -0.4 is 0 Å². The van der Waals surface area contributed by atoms with Gasteiger partial charge in [-0.3, -0.25) is 9.97 Å². The van der Waals surface area contributed by atoms with E-state index in [1.807, 2.05) is 11.3 Å². The maximum absolute atomic E-state index is 4.82. The van der Waals surface area contributed by atoms with Crippen LogP contribution in [0.1, 0.15) is 25.0 Å². The fourth-order valence-corrected chi connectivity index (χ4v) is 10.9. The molecular weight excluding hydrogens is 721 g/mol. The molecule has 0 saturated carbocycles. The van der Waals surface area contributed by atoms with Crippen molar-refractivity contribution in [1.29, 1.82) is 0 Å². The molecule has 0 radical (unpaired) electrons. The molecule has 0 N–H and O–H groups in total. The van der Waals surface area contributed by atoms with Gasteiger partial charge in [0.05, 0.1) is 11.0 Å². The molecule has 0 aliphatic heterocycles. The minimum atomic E-state index is -0.155. The molecule has 0 spiro atoms. The minimum Gasteiger partial charge on any atom is -0.252 e. The predicted molar refractivity (Wildman–Crippen MR) is 247 cm³/mol. The van der Waals surface area contributed by atoms with Gasteiger partial charge < -0.3 is 0 Å². The lowest BCUT2D eigenvalue weighted by Crippen LogP contribution is -2.15. The van der Waals surface area contributed by atoms with Gasteiger partial charge in [-0.05, 0) is 114 Å². The fraction of sp³-hybridized carbons (Fsp3) is 0.0545. The highest BCUT2D eigenvalue weighted by atomic mass is 32.1. The highest BCUT2D eigenvalue weighted by molar-refractivity contribution is 7.26. The zero-order valence-electron chi connectivity index (χ0n) is 32.1. The zero-order valence-corrected chi connectivity index (χ0v) is 32.9. The van der Waals surface area contributed by atoms with Gasteiger partial charge >= 0.3 is 0 Å². The van der Waals surface area contributed by atoms with Crippen molar-refractivity contribution in [1.82, 2.24) is 9.97 Å². The summed E-state index contributed by atoms with van der Waals surface area (Å²) < 4.78 is 2.68. The number of fused-ring (bicyclic) bond motifs is 12. The molecule has 0 unspecified atom stereocenters. The second-order valence-corrected chi connectivity index (χ2v) is 17.2. The van der Waals surface area contributed by atoms with Gasteiger partial charge in [-0.2, -0.15) is 0 Å². The highest BCUT2D eigenvalue weighted by Gasteiger charge is 2.36. The van der Waals surface area contributed by atoms with E-state index in [0.29, 0.717) is 0 Å². The van der Waals surface area contributed by atoms with E-state index >= 15 is 0 Å². The molecule has 0 saturated heterocycles. The summed E-state index contributed by atoms with van der Waals surface area (Å²) in [4.78, 5) is 9.58. The van der Waals surface area contributed by atoms with Crippen molar-refractivity contribution in [3.8, 4) is 55.6 Å². The van der Waals surface area contributed by atoms with Gasteiger partial charge in [0.25, 0.3) is 0 Å². The molecular formula is C55H36N2S. The van der Waals surface area contributed by atoms with Crippen molar-refractivity contribution in [2.45, 2.75) is 19.3 Å². The van der Waals surface area contributed by atoms with Gasteiger partial charge in [-0.15, -0.1) is 11.3 Å². The summed E-state index contributed by atoms with van der Waals surface area (Å²) in [6.07, 6.45) is 3.59. The highest BCUT2D eigenvalue weighted by Crippen LogP contribution is 2.51. The number of benzene rings is 9. The molecule has 0 amide bonds. The molecule has 272 valence electrons. The number of hydrogen-bond acceptors (Lipinski definition) is 3. The molecule has 1 aliphatic carbocycles. The first-order chi connectivity index (χ1) is 28.5.